The van der Waals surface area contributed by atoms with E-state index in [1.54, 1.807) is 12.1 Å². The highest BCUT2D eigenvalue weighted by atomic mass is 32.2. The second-order valence-electron chi connectivity index (χ2n) is 5.02. The number of aliphatic carboxylic acids is 1. The molecule has 1 unspecified atom stereocenters. The van der Waals surface area contributed by atoms with Crippen LogP contribution in [0.4, 0.5) is 0 Å². The van der Waals surface area contributed by atoms with Crippen molar-refractivity contribution in [3.8, 4) is 0 Å². The lowest BCUT2D eigenvalue weighted by molar-refractivity contribution is -0.139. The zero-order chi connectivity index (χ0) is 15.3. The Kier molecular flexibility index (Phi) is 5.71. The van der Waals surface area contributed by atoms with Gasteiger partial charge in [0.2, 0.25) is 10.0 Å². The molecule has 0 heterocycles. The van der Waals surface area contributed by atoms with Crippen LogP contribution in [-0.4, -0.2) is 25.5 Å². The first kappa shape index (κ1) is 16.7. The second kappa shape index (κ2) is 6.85. The third kappa shape index (κ3) is 4.31. The molecule has 0 aliphatic carbocycles. The SMILES string of the molecule is CCCC(NS(=O)(=O)c1ccc(C(C)C)cc1)C(=O)O. The normalized spacial score (nSPS) is 13.4. The predicted molar refractivity (Wildman–Crippen MR) is 77.2 cm³/mol. The van der Waals surface area contributed by atoms with E-state index in [-0.39, 0.29) is 11.3 Å². The van der Waals surface area contributed by atoms with Crippen LogP contribution < -0.4 is 4.72 Å². The predicted octanol–water partition coefficient (Wildman–Crippen LogP) is 2.34. The van der Waals surface area contributed by atoms with Crippen molar-refractivity contribution in [2.45, 2.75) is 50.5 Å². The Balaban J connectivity index is 2.95. The molecule has 1 atom stereocenters. The van der Waals surface area contributed by atoms with Crippen molar-refractivity contribution in [2.24, 2.45) is 0 Å². The minimum atomic E-state index is -3.80. The highest BCUT2D eigenvalue weighted by Gasteiger charge is 2.24. The zero-order valence-corrected chi connectivity index (χ0v) is 12.8. The topological polar surface area (TPSA) is 83.5 Å². The minimum absolute atomic E-state index is 0.0873. The quantitative estimate of drug-likeness (QED) is 0.809. The van der Waals surface area contributed by atoms with E-state index in [9.17, 15) is 13.2 Å². The Morgan fingerprint density at radius 1 is 1.25 bits per heavy atom. The maximum atomic E-state index is 12.1. The van der Waals surface area contributed by atoms with Crippen LogP contribution in [0.3, 0.4) is 0 Å². The van der Waals surface area contributed by atoms with Crippen molar-refractivity contribution < 1.29 is 18.3 Å². The number of sulfonamides is 1. The fourth-order valence-electron chi connectivity index (χ4n) is 1.81. The molecule has 20 heavy (non-hydrogen) atoms. The molecule has 0 fully saturated rings. The van der Waals surface area contributed by atoms with Crippen LogP contribution in [0.25, 0.3) is 0 Å². The summed E-state index contributed by atoms with van der Waals surface area (Å²) in [6, 6.07) is 5.41. The molecule has 6 heteroatoms. The van der Waals surface area contributed by atoms with E-state index in [1.165, 1.54) is 12.1 Å². The molecule has 112 valence electrons. The fraction of sp³-hybridized carbons (Fsp3) is 0.500. The van der Waals surface area contributed by atoms with Crippen molar-refractivity contribution in [3.05, 3.63) is 29.8 Å². The van der Waals surface area contributed by atoms with Crippen molar-refractivity contribution >= 4 is 16.0 Å². The van der Waals surface area contributed by atoms with E-state index in [0.717, 1.165) is 5.56 Å². The van der Waals surface area contributed by atoms with Gasteiger partial charge in [0.05, 0.1) is 4.90 Å². The number of rotatable bonds is 7. The number of hydrogen-bond donors (Lipinski definition) is 2. The van der Waals surface area contributed by atoms with Gasteiger partial charge in [0, 0.05) is 0 Å². The van der Waals surface area contributed by atoms with Crippen LogP contribution in [0.2, 0.25) is 0 Å². The number of carboxylic acids is 1. The summed E-state index contributed by atoms with van der Waals surface area (Å²) in [5.41, 5.74) is 1.03. The summed E-state index contributed by atoms with van der Waals surface area (Å²) < 4.78 is 26.5. The number of nitrogens with one attached hydrogen (secondary N) is 1. The Morgan fingerprint density at radius 3 is 2.20 bits per heavy atom. The van der Waals surface area contributed by atoms with Gasteiger partial charge >= 0.3 is 5.97 Å². The summed E-state index contributed by atoms with van der Waals surface area (Å²) in [5.74, 6) is -0.846. The van der Waals surface area contributed by atoms with Crippen LogP contribution in [-0.2, 0) is 14.8 Å². The van der Waals surface area contributed by atoms with E-state index in [0.29, 0.717) is 12.3 Å². The molecule has 0 spiro atoms. The average Bonchev–Trinajstić information content (AvgIpc) is 2.38. The van der Waals surface area contributed by atoms with Crippen molar-refractivity contribution in [2.75, 3.05) is 0 Å². The molecule has 0 amide bonds. The first-order valence-electron chi connectivity index (χ1n) is 6.63. The summed E-state index contributed by atoms with van der Waals surface area (Å²) in [4.78, 5) is 11.1. The second-order valence-corrected chi connectivity index (χ2v) is 6.74. The van der Waals surface area contributed by atoms with Gasteiger partial charge in [-0.2, -0.15) is 4.72 Å². The molecule has 0 aromatic heterocycles. The minimum Gasteiger partial charge on any atom is -0.480 e. The van der Waals surface area contributed by atoms with E-state index >= 15 is 0 Å². The van der Waals surface area contributed by atoms with E-state index in [4.69, 9.17) is 5.11 Å². The van der Waals surface area contributed by atoms with Gasteiger partial charge in [-0.05, 0) is 30.0 Å². The molecule has 1 aromatic rings. The molecule has 1 aromatic carbocycles. The number of carbonyl (C=O) groups is 1. The van der Waals surface area contributed by atoms with Crippen LogP contribution in [0.1, 0.15) is 45.1 Å². The number of carboxylic acid groups (broad SMARTS) is 1. The van der Waals surface area contributed by atoms with E-state index in [2.05, 4.69) is 4.72 Å². The maximum Gasteiger partial charge on any atom is 0.321 e. The standard InChI is InChI=1S/C14H21NO4S/c1-4-5-13(14(16)17)15-20(18,19)12-8-6-11(7-9-12)10(2)3/h6-10,13,15H,4-5H2,1-3H3,(H,16,17). The van der Waals surface area contributed by atoms with Gasteiger partial charge in [0.15, 0.2) is 0 Å². The van der Waals surface area contributed by atoms with Gasteiger partial charge < -0.3 is 5.11 Å². The van der Waals surface area contributed by atoms with Crippen LogP contribution in [0.15, 0.2) is 29.2 Å². The fourth-order valence-corrected chi connectivity index (χ4v) is 3.03. The average molecular weight is 299 g/mol. The lowest BCUT2D eigenvalue weighted by atomic mass is 10.0. The summed E-state index contributed by atoms with van der Waals surface area (Å²) in [7, 11) is -3.80. The third-order valence-corrected chi connectivity index (χ3v) is 4.52. The number of hydrogen-bond acceptors (Lipinski definition) is 3. The van der Waals surface area contributed by atoms with Gasteiger partial charge in [-0.15, -0.1) is 0 Å². The molecule has 0 radical (unpaired) electrons. The molecule has 0 aliphatic heterocycles. The van der Waals surface area contributed by atoms with Crippen LogP contribution >= 0.6 is 0 Å². The highest BCUT2D eigenvalue weighted by molar-refractivity contribution is 7.89. The van der Waals surface area contributed by atoms with Crippen LogP contribution in [0.5, 0.6) is 0 Å². The van der Waals surface area contributed by atoms with Crippen LogP contribution in [0, 0.1) is 0 Å². The highest BCUT2D eigenvalue weighted by Crippen LogP contribution is 2.17. The summed E-state index contributed by atoms with van der Waals surface area (Å²) >= 11 is 0. The lowest BCUT2D eigenvalue weighted by Crippen LogP contribution is -2.40. The Morgan fingerprint density at radius 2 is 1.80 bits per heavy atom. The molecule has 0 saturated carbocycles. The number of benzene rings is 1. The first-order chi connectivity index (χ1) is 9.27. The zero-order valence-electron chi connectivity index (χ0n) is 12.0. The summed E-state index contributed by atoms with van der Waals surface area (Å²) in [5, 5.41) is 9.00. The summed E-state index contributed by atoms with van der Waals surface area (Å²) in [6.07, 6.45) is 0.852. The molecule has 0 saturated heterocycles. The molecule has 2 N–H and O–H groups in total. The monoisotopic (exact) mass is 299 g/mol. The van der Waals surface area contributed by atoms with Gasteiger partial charge in [0.25, 0.3) is 0 Å². The first-order valence-corrected chi connectivity index (χ1v) is 8.11. The van der Waals surface area contributed by atoms with Gasteiger partial charge in [0.1, 0.15) is 6.04 Å². The molecule has 0 aliphatic rings. The smallest absolute Gasteiger partial charge is 0.321 e. The Bertz CT molecular complexity index is 549. The summed E-state index contributed by atoms with van der Waals surface area (Å²) in [6.45, 7) is 5.84. The molecule has 1 rings (SSSR count). The van der Waals surface area contributed by atoms with Crippen molar-refractivity contribution in [1.29, 1.82) is 0 Å². The van der Waals surface area contributed by atoms with Crippen molar-refractivity contribution in [1.82, 2.24) is 4.72 Å². The van der Waals surface area contributed by atoms with Crippen molar-refractivity contribution in [3.63, 3.8) is 0 Å². The molecular weight excluding hydrogens is 278 g/mol. The maximum absolute atomic E-state index is 12.1. The molecular formula is C14H21NO4S. The lowest BCUT2D eigenvalue weighted by Gasteiger charge is -2.14. The van der Waals surface area contributed by atoms with Gasteiger partial charge in [-0.1, -0.05) is 39.3 Å². The van der Waals surface area contributed by atoms with Gasteiger partial charge in [-0.3, -0.25) is 4.79 Å². The largest absolute Gasteiger partial charge is 0.480 e. The molecule has 0 bridgehead atoms. The van der Waals surface area contributed by atoms with E-state index < -0.39 is 22.0 Å². The Labute approximate surface area is 120 Å². The Hall–Kier alpha value is -1.40. The third-order valence-electron chi connectivity index (χ3n) is 3.03. The van der Waals surface area contributed by atoms with Gasteiger partial charge in [-0.25, -0.2) is 8.42 Å². The van der Waals surface area contributed by atoms with E-state index in [1.807, 2.05) is 20.8 Å². The molecule has 5 nitrogen and oxygen atoms in total.